The van der Waals surface area contributed by atoms with Crippen LogP contribution in [0.15, 0.2) is 48.6 Å². The Morgan fingerprint density at radius 3 is 1.36 bits per heavy atom. The molecule has 0 radical (unpaired) electrons. The van der Waals surface area contributed by atoms with Gasteiger partial charge in [0.25, 0.3) is 0 Å². The normalized spacial score (nSPS) is 21.7. The van der Waals surface area contributed by atoms with Crippen molar-refractivity contribution < 1.29 is 90.6 Å². The van der Waals surface area contributed by atoms with Crippen LogP contribution in [0.2, 0.25) is 0 Å². The number of phosphoric acid groups is 3. The maximum atomic E-state index is 13.1. The fourth-order valence-electron chi connectivity index (χ4n) is 7.46. The lowest BCUT2D eigenvalue weighted by atomic mass is 9.85. The van der Waals surface area contributed by atoms with E-state index in [2.05, 4.69) is 71.5 Å². The van der Waals surface area contributed by atoms with Gasteiger partial charge in [-0.1, -0.05) is 165 Å². The Hall–Kier alpha value is -1.89. The van der Waals surface area contributed by atoms with Crippen molar-refractivity contribution in [3.8, 4) is 0 Å². The molecule has 22 heteroatoms. The van der Waals surface area contributed by atoms with Gasteiger partial charge in [0.2, 0.25) is 0 Å². The molecular formula is C47H85O19P3. The lowest BCUT2D eigenvalue weighted by Gasteiger charge is -2.44. The van der Waals surface area contributed by atoms with E-state index in [1.807, 2.05) is 0 Å². The van der Waals surface area contributed by atoms with Crippen LogP contribution in [0, 0.1) is 0 Å². The van der Waals surface area contributed by atoms with Crippen molar-refractivity contribution in [3.63, 3.8) is 0 Å². The molecule has 0 aromatic rings. The number of carbonyl (C=O) groups is 2. The van der Waals surface area contributed by atoms with Gasteiger partial charge in [-0.15, -0.1) is 0 Å². The summed E-state index contributed by atoms with van der Waals surface area (Å²) in [4.78, 5) is 73.3. The molecule has 0 heterocycles. The first-order valence-corrected chi connectivity index (χ1v) is 29.5. The minimum Gasteiger partial charge on any atom is -0.462 e. The van der Waals surface area contributed by atoms with E-state index in [1.54, 1.807) is 0 Å². The monoisotopic (exact) mass is 1050 g/mol. The third-order valence-corrected chi connectivity index (χ3v) is 13.2. The lowest BCUT2D eigenvalue weighted by molar-refractivity contribution is -0.213. The number of allylic oxidation sites excluding steroid dienone is 8. The molecule has 0 bridgehead atoms. The third kappa shape index (κ3) is 35.0. The first kappa shape index (κ1) is 65.1. The van der Waals surface area contributed by atoms with E-state index in [0.717, 1.165) is 96.3 Å². The summed E-state index contributed by atoms with van der Waals surface area (Å²) in [7, 11) is -16.6. The quantitative estimate of drug-likeness (QED) is 0.0122. The molecule has 402 valence electrons. The molecule has 19 nitrogen and oxygen atoms in total. The molecule has 0 aromatic carbocycles. The standard InChI is InChI=1S/C47H85O19P3/c1-3-5-7-9-11-13-15-17-18-19-20-21-22-24-25-27-29-31-33-35-40(48)61-37-39(63-41(49)36-34-32-30-28-26-23-16-14-12-10-8-6-4-2)38-62-69(59,60)66-45-42(50)43(51)46(64-67(53,54)55)47(44(45)52)65-68(56,57)58/h5,7,11,13,17-18,20-21,39,42-47,50-52H,3-4,6,8-10,12,14-16,19,22-38H2,1-2H3,(H,59,60)(H2,53,54,55)(H2,56,57,58). The van der Waals surface area contributed by atoms with Gasteiger partial charge in [0.05, 0.1) is 6.61 Å². The summed E-state index contributed by atoms with van der Waals surface area (Å²) in [5.74, 6) is -1.31. The van der Waals surface area contributed by atoms with Crippen molar-refractivity contribution in [1.82, 2.24) is 0 Å². The van der Waals surface area contributed by atoms with Gasteiger partial charge in [0, 0.05) is 12.8 Å². The van der Waals surface area contributed by atoms with Crippen LogP contribution in [0.25, 0.3) is 0 Å². The van der Waals surface area contributed by atoms with E-state index in [4.69, 9.17) is 18.5 Å². The number of aliphatic hydroxyl groups excluding tert-OH is 3. The molecule has 0 saturated heterocycles. The number of phosphoric ester groups is 3. The number of carbonyl (C=O) groups excluding carboxylic acids is 2. The van der Waals surface area contributed by atoms with Crippen LogP contribution in [-0.4, -0.2) is 108 Å². The molecule has 0 amide bonds. The van der Waals surface area contributed by atoms with E-state index < -0.39 is 91.3 Å². The van der Waals surface area contributed by atoms with E-state index in [0.29, 0.717) is 12.8 Å². The van der Waals surface area contributed by atoms with E-state index in [9.17, 15) is 63.1 Å². The highest BCUT2D eigenvalue weighted by atomic mass is 31.2. The second-order valence-corrected chi connectivity index (χ2v) is 21.2. The Labute approximate surface area is 410 Å². The summed E-state index contributed by atoms with van der Waals surface area (Å²) in [5, 5.41) is 31.9. The van der Waals surface area contributed by atoms with Crippen molar-refractivity contribution in [2.75, 3.05) is 13.2 Å². The second-order valence-electron chi connectivity index (χ2n) is 17.4. The molecular weight excluding hydrogens is 961 g/mol. The molecule has 1 aliphatic rings. The number of hydrogen-bond acceptors (Lipinski definition) is 14. The summed E-state index contributed by atoms with van der Waals surface area (Å²) >= 11 is 0. The third-order valence-electron chi connectivity index (χ3n) is 11.2. The topological polar surface area (TPSA) is 303 Å². The summed E-state index contributed by atoms with van der Waals surface area (Å²) in [6.07, 6.45) is 25.5. The summed E-state index contributed by atoms with van der Waals surface area (Å²) in [6.45, 7) is 2.83. The first-order chi connectivity index (χ1) is 32.8. The van der Waals surface area contributed by atoms with Crippen LogP contribution in [0.4, 0.5) is 0 Å². The van der Waals surface area contributed by atoms with Gasteiger partial charge in [-0.3, -0.25) is 27.7 Å². The number of unbranched alkanes of at least 4 members (excludes halogenated alkanes) is 18. The Kier molecular flexibility index (Phi) is 36.5. The Bertz CT molecular complexity index is 1630. The number of aliphatic hydroxyl groups is 3. The van der Waals surface area contributed by atoms with Gasteiger partial charge < -0.3 is 49.3 Å². The molecule has 0 spiro atoms. The predicted molar refractivity (Wildman–Crippen MR) is 261 cm³/mol. The molecule has 1 aliphatic carbocycles. The van der Waals surface area contributed by atoms with Gasteiger partial charge in [-0.05, 0) is 51.4 Å². The average molecular weight is 1050 g/mol. The van der Waals surface area contributed by atoms with Crippen molar-refractivity contribution in [3.05, 3.63) is 48.6 Å². The maximum absolute atomic E-state index is 13.1. The van der Waals surface area contributed by atoms with E-state index >= 15 is 0 Å². The number of hydrogen-bond donors (Lipinski definition) is 8. The van der Waals surface area contributed by atoms with Crippen molar-refractivity contribution in [1.29, 1.82) is 0 Å². The molecule has 0 aliphatic heterocycles. The van der Waals surface area contributed by atoms with E-state index in [1.165, 1.54) is 44.9 Å². The summed E-state index contributed by atoms with van der Waals surface area (Å²) in [6, 6.07) is 0. The molecule has 8 unspecified atom stereocenters. The van der Waals surface area contributed by atoms with Crippen LogP contribution >= 0.6 is 23.5 Å². The number of esters is 2. The highest BCUT2D eigenvalue weighted by Crippen LogP contribution is 2.51. The van der Waals surface area contributed by atoms with Gasteiger partial charge in [-0.25, -0.2) is 13.7 Å². The lowest BCUT2D eigenvalue weighted by Crippen LogP contribution is -2.65. The van der Waals surface area contributed by atoms with Crippen molar-refractivity contribution >= 4 is 35.4 Å². The first-order valence-electron chi connectivity index (χ1n) is 24.9. The highest BCUT2D eigenvalue weighted by molar-refractivity contribution is 7.47. The molecule has 1 saturated carbocycles. The van der Waals surface area contributed by atoms with Crippen LogP contribution in [-0.2, 0) is 50.9 Å². The number of rotatable bonds is 42. The fraction of sp³-hybridized carbons (Fsp3) is 0.787. The zero-order valence-electron chi connectivity index (χ0n) is 40.9. The molecule has 8 N–H and O–H groups in total. The van der Waals surface area contributed by atoms with Crippen molar-refractivity contribution in [2.24, 2.45) is 0 Å². The predicted octanol–water partition coefficient (Wildman–Crippen LogP) is 9.40. The minimum absolute atomic E-state index is 0.00388. The van der Waals surface area contributed by atoms with Crippen LogP contribution in [0.1, 0.15) is 181 Å². The molecule has 8 atom stereocenters. The number of ether oxygens (including phenoxy) is 2. The summed E-state index contributed by atoms with van der Waals surface area (Å²) in [5.41, 5.74) is 0. The Morgan fingerprint density at radius 1 is 0.478 bits per heavy atom. The average Bonchev–Trinajstić information content (AvgIpc) is 3.28. The molecule has 69 heavy (non-hydrogen) atoms. The maximum Gasteiger partial charge on any atom is 0.472 e. The largest absolute Gasteiger partial charge is 0.472 e. The zero-order valence-corrected chi connectivity index (χ0v) is 43.6. The van der Waals surface area contributed by atoms with Gasteiger partial charge in [0.15, 0.2) is 6.10 Å². The highest BCUT2D eigenvalue weighted by Gasteiger charge is 2.56. The Balaban J connectivity index is 2.69. The summed E-state index contributed by atoms with van der Waals surface area (Å²) < 4.78 is 65.5. The minimum atomic E-state index is -5.60. The van der Waals surface area contributed by atoms with Crippen LogP contribution < -0.4 is 0 Å². The smallest absolute Gasteiger partial charge is 0.462 e. The van der Waals surface area contributed by atoms with Crippen LogP contribution in [0.3, 0.4) is 0 Å². The van der Waals surface area contributed by atoms with Crippen LogP contribution in [0.5, 0.6) is 0 Å². The van der Waals surface area contributed by atoms with E-state index in [-0.39, 0.29) is 12.8 Å². The molecule has 1 fully saturated rings. The second kappa shape index (κ2) is 38.7. The van der Waals surface area contributed by atoms with Gasteiger partial charge in [-0.2, -0.15) is 0 Å². The van der Waals surface area contributed by atoms with Gasteiger partial charge >= 0.3 is 35.4 Å². The van der Waals surface area contributed by atoms with Crippen molar-refractivity contribution in [2.45, 2.75) is 224 Å². The zero-order chi connectivity index (χ0) is 51.4. The fourth-order valence-corrected chi connectivity index (χ4v) is 9.55. The molecule has 1 rings (SSSR count). The Morgan fingerprint density at radius 2 is 0.884 bits per heavy atom. The molecule has 0 aromatic heterocycles. The SMILES string of the molecule is CCC=CCC=CCC=CCC=CCCCCCCCCC(=O)OCC(COP(=O)(O)OC1C(O)C(O)C(OP(=O)(O)O)C(OP(=O)(O)O)C1O)OC(=O)CCCCCCCCCCCCCCC. The van der Waals surface area contributed by atoms with Gasteiger partial charge in [0.1, 0.15) is 43.2 Å².